The predicted octanol–water partition coefficient (Wildman–Crippen LogP) is 1.34. The van der Waals surface area contributed by atoms with Gasteiger partial charge in [0.1, 0.15) is 5.69 Å². The summed E-state index contributed by atoms with van der Waals surface area (Å²) in [6, 6.07) is 3.82. The standard InChI is InChI=1S/C16H27N3O3/c1-16(2)11-19(9-13(22-16)10-21-5)8-12-6-7-14(17-12)15(20)18(3)4/h6-7,13,17H,8-11H2,1-5H3. The highest BCUT2D eigenvalue weighted by atomic mass is 16.5. The molecule has 6 heteroatoms. The minimum absolute atomic E-state index is 0.00850. The number of nitrogens with one attached hydrogen (secondary N) is 1. The van der Waals surface area contributed by atoms with E-state index in [1.54, 1.807) is 26.1 Å². The third kappa shape index (κ3) is 4.32. The zero-order valence-electron chi connectivity index (χ0n) is 14.2. The zero-order valence-corrected chi connectivity index (χ0v) is 14.2. The number of morpholine rings is 1. The number of aromatic amines is 1. The molecule has 1 fully saturated rings. The Morgan fingerprint density at radius 1 is 1.50 bits per heavy atom. The normalized spacial score (nSPS) is 21.8. The Kier molecular flexibility index (Phi) is 5.26. The molecule has 0 spiro atoms. The summed E-state index contributed by atoms with van der Waals surface area (Å²) in [5.41, 5.74) is 1.47. The van der Waals surface area contributed by atoms with Crippen molar-refractivity contribution in [2.45, 2.75) is 32.1 Å². The number of aromatic nitrogens is 1. The Balaban J connectivity index is 2.01. The molecule has 0 saturated carbocycles. The Morgan fingerprint density at radius 3 is 2.86 bits per heavy atom. The van der Waals surface area contributed by atoms with Gasteiger partial charge in [0.2, 0.25) is 0 Å². The summed E-state index contributed by atoms with van der Waals surface area (Å²) in [7, 11) is 5.20. The van der Waals surface area contributed by atoms with Crippen LogP contribution in [-0.4, -0.2) is 73.3 Å². The third-order valence-corrected chi connectivity index (χ3v) is 3.68. The van der Waals surface area contributed by atoms with E-state index >= 15 is 0 Å². The predicted molar refractivity (Wildman–Crippen MR) is 84.9 cm³/mol. The number of methoxy groups -OCH3 is 1. The van der Waals surface area contributed by atoms with Gasteiger partial charge in [-0.05, 0) is 26.0 Å². The summed E-state index contributed by atoms with van der Waals surface area (Å²) in [4.78, 5) is 19.1. The monoisotopic (exact) mass is 309 g/mol. The molecule has 124 valence electrons. The minimum Gasteiger partial charge on any atom is -0.382 e. The molecule has 6 nitrogen and oxygen atoms in total. The number of nitrogens with zero attached hydrogens (tertiary/aromatic N) is 2. The van der Waals surface area contributed by atoms with Gasteiger partial charge in [-0.1, -0.05) is 0 Å². The van der Waals surface area contributed by atoms with E-state index in [9.17, 15) is 4.79 Å². The van der Waals surface area contributed by atoms with Crippen molar-refractivity contribution in [1.29, 1.82) is 0 Å². The first-order valence-electron chi connectivity index (χ1n) is 7.59. The van der Waals surface area contributed by atoms with E-state index in [2.05, 4.69) is 23.7 Å². The highest BCUT2D eigenvalue weighted by Crippen LogP contribution is 2.22. The number of hydrogen-bond donors (Lipinski definition) is 1. The molecular formula is C16H27N3O3. The molecular weight excluding hydrogens is 282 g/mol. The van der Waals surface area contributed by atoms with Gasteiger partial charge < -0.3 is 19.4 Å². The fourth-order valence-electron chi connectivity index (χ4n) is 2.95. The summed E-state index contributed by atoms with van der Waals surface area (Å²) in [6.07, 6.45) is 0.0755. The summed E-state index contributed by atoms with van der Waals surface area (Å²) in [6.45, 7) is 7.23. The van der Waals surface area contributed by atoms with Crippen LogP contribution in [0.4, 0.5) is 0 Å². The second kappa shape index (κ2) is 6.81. The molecule has 1 aliphatic rings. The van der Waals surface area contributed by atoms with Crippen LogP contribution in [0.3, 0.4) is 0 Å². The lowest BCUT2D eigenvalue weighted by molar-refractivity contribution is -0.154. The molecule has 1 saturated heterocycles. The Hall–Kier alpha value is -1.37. The maximum atomic E-state index is 11.9. The van der Waals surface area contributed by atoms with Crippen LogP contribution in [-0.2, 0) is 16.0 Å². The average molecular weight is 309 g/mol. The van der Waals surface area contributed by atoms with Crippen molar-refractivity contribution >= 4 is 5.91 Å². The largest absolute Gasteiger partial charge is 0.382 e. The van der Waals surface area contributed by atoms with Crippen LogP contribution < -0.4 is 0 Å². The average Bonchev–Trinajstić information content (AvgIpc) is 2.84. The first-order chi connectivity index (χ1) is 10.3. The van der Waals surface area contributed by atoms with Crippen LogP contribution in [0.15, 0.2) is 12.1 Å². The molecule has 1 amide bonds. The van der Waals surface area contributed by atoms with Crippen LogP contribution in [0, 0.1) is 0 Å². The van der Waals surface area contributed by atoms with Gasteiger partial charge in [0.15, 0.2) is 0 Å². The van der Waals surface area contributed by atoms with E-state index in [0.29, 0.717) is 12.3 Å². The molecule has 1 atom stereocenters. The number of rotatable bonds is 5. The molecule has 0 aromatic carbocycles. The number of carbonyl (C=O) groups is 1. The van der Waals surface area contributed by atoms with Gasteiger partial charge >= 0.3 is 0 Å². The quantitative estimate of drug-likeness (QED) is 0.892. The molecule has 0 bridgehead atoms. The van der Waals surface area contributed by atoms with E-state index in [1.165, 1.54) is 0 Å². The molecule has 0 aliphatic carbocycles. The van der Waals surface area contributed by atoms with Crippen LogP contribution in [0.25, 0.3) is 0 Å². The molecule has 1 unspecified atom stereocenters. The number of amides is 1. The summed E-state index contributed by atoms with van der Waals surface area (Å²) in [5, 5.41) is 0. The maximum absolute atomic E-state index is 11.9. The van der Waals surface area contributed by atoms with E-state index < -0.39 is 0 Å². The van der Waals surface area contributed by atoms with E-state index in [4.69, 9.17) is 9.47 Å². The number of H-pyrrole nitrogens is 1. The van der Waals surface area contributed by atoms with Gasteiger partial charge in [0, 0.05) is 46.5 Å². The maximum Gasteiger partial charge on any atom is 0.269 e. The lowest BCUT2D eigenvalue weighted by Crippen LogP contribution is -2.53. The number of hydrogen-bond acceptors (Lipinski definition) is 4. The molecule has 22 heavy (non-hydrogen) atoms. The van der Waals surface area contributed by atoms with Crippen LogP contribution in [0.1, 0.15) is 30.0 Å². The third-order valence-electron chi connectivity index (χ3n) is 3.68. The molecule has 1 aliphatic heterocycles. The molecule has 2 heterocycles. The lowest BCUT2D eigenvalue weighted by Gasteiger charge is -2.42. The first kappa shape index (κ1) is 17.0. The van der Waals surface area contributed by atoms with Gasteiger partial charge in [-0.2, -0.15) is 0 Å². The van der Waals surface area contributed by atoms with Gasteiger partial charge in [0.25, 0.3) is 5.91 Å². The summed E-state index contributed by atoms with van der Waals surface area (Å²) >= 11 is 0. The summed E-state index contributed by atoms with van der Waals surface area (Å²) < 4.78 is 11.2. The Morgan fingerprint density at radius 2 is 2.23 bits per heavy atom. The highest BCUT2D eigenvalue weighted by Gasteiger charge is 2.33. The minimum atomic E-state index is -0.198. The van der Waals surface area contributed by atoms with Crippen molar-refractivity contribution in [3.8, 4) is 0 Å². The van der Waals surface area contributed by atoms with Gasteiger partial charge in [0.05, 0.1) is 18.3 Å². The molecule has 0 radical (unpaired) electrons. The van der Waals surface area contributed by atoms with Crippen molar-refractivity contribution < 1.29 is 14.3 Å². The highest BCUT2D eigenvalue weighted by molar-refractivity contribution is 5.92. The first-order valence-corrected chi connectivity index (χ1v) is 7.59. The van der Waals surface area contributed by atoms with Crippen molar-refractivity contribution in [2.75, 3.05) is 40.9 Å². The van der Waals surface area contributed by atoms with Crippen LogP contribution >= 0.6 is 0 Å². The van der Waals surface area contributed by atoms with Crippen LogP contribution in [0.5, 0.6) is 0 Å². The molecule has 1 N–H and O–H groups in total. The van der Waals surface area contributed by atoms with Gasteiger partial charge in [-0.15, -0.1) is 0 Å². The van der Waals surface area contributed by atoms with Crippen molar-refractivity contribution in [3.05, 3.63) is 23.5 Å². The lowest BCUT2D eigenvalue weighted by atomic mass is 10.1. The number of carbonyl (C=O) groups excluding carboxylic acids is 1. The Labute approximate surface area is 132 Å². The fraction of sp³-hybridized carbons (Fsp3) is 0.688. The van der Waals surface area contributed by atoms with Crippen molar-refractivity contribution in [1.82, 2.24) is 14.8 Å². The molecule has 1 aromatic heterocycles. The number of ether oxygens (including phenoxy) is 2. The smallest absolute Gasteiger partial charge is 0.269 e. The molecule has 1 aromatic rings. The van der Waals surface area contributed by atoms with E-state index in [0.717, 1.165) is 25.3 Å². The van der Waals surface area contributed by atoms with Gasteiger partial charge in [-0.25, -0.2) is 0 Å². The van der Waals surface area contributed by atoms with Crippen molar-refractivity contribution in [3.63, 3.8) is 0 Å². The second-order valence-electron chi connectivity index (χ2n) is 6.72. The Bertz CT molecular complexity index is 510. The molecule has 2 rings (SSSR count). The zero-order chi connectivity index (χ0) is 16.3. The van der Waals surface area contributed by atoms with E-state index in [-0.39, 0.29) is 17.6 Å². The van der Waals surface area contributed by atoms with Crippen molar-refractivity contribution in [2.24, 2.45) is 0 Å². The second-order valence-corrected chi connectivity index (χ2v) is 6.72. The topological polar surface area (TPSA) is 57.8 Å². The summed E-state index contributed by atoms with van der Waals surface area (Å²) in [5.74, 6) is -0.00850. The van der Waals surface area contributed by atoms with E-state index in [1.807, 2.05) is 12.1 Å². The SMILES string of the molecule is COCC1CN(Cc2ccc(C(=O)N(C)C)[nH]2)CC(C)(C)O1. The van der Waals surface area contributed by atoms with Crippen LogP contribution in [0.2, 0.25) is 0 Å². The van der Waals surface area contributed by atoms with Gasteiger partial charge in [-0.3, -0.25) is 9.69 Å². The fourth-order valence-corrected chi connectivity index (χ4v) is 2.95.